The van der Waals surface area contributed by atoms with Gasteiger partial charge in [0.25, 0.3) is 0 Å². The van der Waals surface area contributed by atoms with Gasteiger partial charge in [-0.15, -0.1) is 0 Å². The molecule has 6 rings (SSSR count). The lowest BCUT2D eigenvalue weighted by molar-refractivity contribution is 1.09. The van der Waals surface area contributed by atoms with Gasteiger partial charge in [-0.05, 0) is 73.1 Å². The fourth-order valence-electron chi connectivity index (χ4n) is 4.54. The van der Waals surface area contributed by atoms with Crippen LogP contribution in [0.2, 0.25) is 0 Å². The summed E-state index contributed by atoms with van der Waals surface area (Å²) in [6.07, 6.45) is 2.29. The van der Waals surface area contributed by atoms with E-state index >= 15 is 0 Å². The molecule has 5 aromatic carbocycles. The van der Waals surface area contributed by atoms with Crippen molar-refractivity contribution in [2.75, 3.05) is 0 Å². The van der Waals surface area contributed by atoms with Crippen LogP contribution in [-0.2, 0) is 6.42 Å². The van der Waals surface area contributed by atoms with Crippen molar-refractivity contribution in [2.24, 2.45) is 0 Å². The number of fused-ring (bicyclic) bond motifs is 9. The molecule has 0 fully saturated rings. The molecule has 192 valence electrons. The van der Waals surface area contributed by atoms with Crippen LogP contribution >= 0.6 is 0 Å². The number of rotatable bonds is 0. The van der Waals surface area contributed by atoms with E-state index in [1.54, 1.807) is 0 Å². The lowest BCUT2D eigenvalue weighted by Gasteiger charge is -2.12. The number of hydrogen-bond donors (Lipinski definition) is 0. The van der Waals surface area contributed by atoms with E-state index in [1.807, 2.05) is 55.4 Å². The Morgan fingerprint density at radius 2 is 0.778 bits per heavy atom. The van der Waals surface area contributed by atoms with E-state index in [9.17, 15) is 0 Å². The van der Waals surface area contributed by atoms with Crippen molar-refractivity contribution >= 4 is 32.3 Å². The Kier molecular flexibility index (Phi) is 14.2. The molecule has 0 aliphatic heterocycles. The van der Waals surface area contributed by atoms with Crippen LogP contribution in [-0.4, -0.2) is 0 Å². The second-order valence-corrected chi connectivity index (χ2v) is 7.69. The minimum absolute atomic E-state index is 1.04. The summed E-state index contributed by atoms with van der Waals surface area (Å²) in [5, 5.41) is 8.14. The summed E-state index contributed by atoms with van der Waals surface area (Å²) in [6, 6.07) is 31.3. The fraction of sp³-hybridized carbons (Fsp3) is 0.333. The first-order valence-electron chi connectivity index (χ1n) is 14.3. The van der Waals surface area contributed by atoms with Crippen LogP contribution in [0, 0.1) is 0 Å². The minimum atomic E-state index is 1.04. The molecule has 1 aliphatic carbocycles. The third-order valence-electron chi connectivity index (χ3n) is 5.66. The molecule has 1 aliphatic rings. The van der Waals surface area contributed by atoms with E-state index in [1.165, 1.54) is 61.0 Å². The Morgan fingerprint density at radius 1 is 0.417 bits per heavy atom. The van der Waals surface area contributed by atoms with Gasteiger partial charge < -0.3 is 0 Å². The first kappa shape index (κ1) is 30.9. The van der Waals surface area contributed by atoms with E-state index < -0.39 is 0 Å². The zero-order chi connectivity index (χ0) is 27.1. The highest BCUT2D eigenvalue weighted by Crippen LogP contribution is 2.42. The zero-order valence-corrected chi connectivity index (χ0v) is 24.5. The summed E-state index contributed by atoms with van der Waals surface area (Å²) < 4.78 is 0. The third kappa shape index (κ3) is 6.35. The van der Waals surface area contributed by atoms with Crippen molar-refractivity contribution in [3.63, 3.8) is 0 Å². The summed E-state index contributed by atoms with van der Waals surface area (Å²) in [6.45, 7) is 20.2. The molecule has 0 heteroatoms. The van der Waals surface area contributed by atoms with Crippen LogP contribution in [0.3, 0.4) is 0 Å². The van der Waals surface area contributed by atoms with Crippen LogP contribution in [0.5, 0.6) is 0 Å². The molecular formula is C36H48. The Labute approximate surface area is 221 Å². The van der Waals surface area contributed by atoms with Gasteiger partial charge in [-0.1, -0.05) is 148 Å². The molecule has 0 heterocycles. The van der Waals surface area contributed by atoms with Crippen LogP contribution in [0.1, 0.15) is 86.8 Å². The summed E-state index contributed by atoms with van der Waals surface area (Å²) in [4.78, 5) is 0. The monoisotopic (exact) mass is 480 g/mol. The molecule has 36 heavy (non-hydrogen) atoms. The maximum Gasteiger partial charge on any atom is -0.00132 e. The molecule has 0 amide bonds. The minimum Gasteiger partial charge on any atom is -0.0683 e. The van der Waals surface area contributed by atoms with Gasteiger partial charge in [0.1, 0.15) is 0 Å². The summed E-state index contributed by atoms with van der Waals surface area (Å²) in [7, 11) is 0. The SMILES string of the molecule is CC.CC.CC.CC.CCC.c1ccc2c(c1)Cc1cc3c4ccccc4c4ccccc4c3cc1-2. The Bertz CT molecular complexity index is 1320. The van der Waals surface area contributed by atoms with Crippen LogP contribution in [0.4, 0.5) is 0 Å². The predicted molar refractivity (Wildman–Crippen MR) is 169 cm³/mol. The van der Waals surface area contributed by atoms with Crippen molar-refractivity contribution < 1.29 is 0 Å². The molecule has 0 N–H and O–H groups in total. The van der Waals surface area contributed by atoms with Crippen LogP contribution in [0.25, 0.3) is 43.4 Å². The van der Waals surface area contributed by atoms with Gasteiger partial charge in [0.05, 0.1) is 0 Å². The van der Waals surface area contributed by atoms with E-state index in [0.29, 0.717) is 0 Å². The van der Waals surface area contributed by atoms with Gasteiger partial charge in [0.15, 0.2) is 0 Å². The summed E-state index contributed by atoms with van der Waals surface area (Å²) in [5.74, 6) is 0. The maximum absolute atomic E-state index is 2.43. The molecule has 5 aromatic rings. The van der Waals surface area contributed by atoms with Crippen molar-refractivity contribution in [3.05, 3.63) is 96.1 Å². The van der Waals surface area contributed by atoms with E-state index in [0.717, 1.165) is 6.42 Å². The Morgan fingerprint density at radius 3 is 1.25 bits per heavy atom. The highest BCUT2D eigenvalue weighted by Gasteiger charge is 2.20. The van der Waals surface area contributed by atoms with Gasteiger partial charge >= 0.3 is 0 Å². The smallest absolute Gasteiger partial charge is 0.00132 e. The average molecular weight is 481 g/mol. The van der Waals surface area contributed by atoms with Gasteiger partial charge in [-0.25, -0.2) is 0 Å². The summed E-state index contributed by atoms with van der Waals surface area (Å²) in [5.41, 5.74) is 5.70. The molecule has 0 saturated heterocycles. The van der Waals surface area contributed by atoms with Crippen molar-refractivity contribution in [1.29, 1.82) is 0 Å². The molecule has 0 unspecified atom stereocenters. The molecule has 0 spiro atoms. The number of hydrogen-bond acceptors (Lipinski definition) is 0. The standard InChI is InChI=1S/C25H16.C3H8.4C2H6/c1-2-8-18-16(7-1)13-17-14-24-21-11-5-3-9-19(21)20-10-4-6-12-22(20)25(24)15-23(17)18;1-3-2;4*1-2/h1-12,14-15H,13H2;3H2,1-2H3;4*1-2H3. The van der Waals surface area contributed by atoms with E-state index in [4.69, 9.17) is 0 Å². The van der Waals surface area contributed by atoms with Crippen molar-refractivity contribution in [2.45, 2.75) is 82.1 Å². The highest BCUT2D eigenvalue weighted by molar-refractivity contribution is 6.26. The second-order valence-electron chi connectivity index (χ2n) is 7.69. The number of benzene rings is 5. The second kappa shape index (κ2) is 16.5. The largest absolute Gasteiger partial charge is 0.0683 e. The molecule has 0 bridgehead atoms. The van der Waals surface area contributed by atoms with Crippen LogP contribution in [0.15, 0.2) is 84.9 Å². The van der Waals surface area contributed by atoms with Gasteiger partial charge in [-0.3, -0.25) is 0 Å². The molecule has 0 aromatic heterocycles. The molecule has 0 nitrogen and oxygen atoms in total. The Balaban J connectivity index is 0.000000523. The van der Waals surface area contributed by atoms with Gasteiger partial charge in [0.2, 0.25) is 0 Å². The maximum atomic E-state index is 2.43. The molecular weight excluding hydrogens is 432 g/mol. The quantitative estimate of drug-likeness (QED) is 0.190. The van der Waals surface area contributed by atoms with E-state index in [-0.39, 0.29) is 0 Å². The summed E-state index contributed by atoms with van der Waals surface area (Å²) >= 11 is 0. The van der Waals surface area contributed by atoms with Gasteiger partial charge in [-0.2, -0.15) is 0 Å². The molecule has 0 atom stereocenters. The Hall–Kier alpha value is -3.12. The lowest BCUT2D eigenvalue weighted by Crippen LogP contribution is -1.86. The van der Waals surface area contributed by atoms with Crippen LogP contribution < -0.4 is 0 Å². The van der Waals surface area contributed by atoms with Crippen molar-refractivity contribution in [1.82, 2.24) is 0 Å². The fourth-order valence-corrected chi connectivity index (χ4v) is 4.54. The first-order valence-corrected chi connectivity index (χ1v) is 14.3. The molecule has 0 saturated carbocycles. The topological polar surface area (TPSA) is 0 Å². The lowest BCUT2D eigenvalue weighted by atomic mass is 9.91. The van der Waals surface area contributed by atoms with Crippen molar-refractivity contribution in [3.8, 4) is 11.1 Å². The average Bonchev–Trinajstić information content (AvgIpc) is 3.35. The molecule has 0 radical (unpaired) electrons. The van der Waals surface area contributed by atoms with E-state index in [2.05, 4.69) is 98.8 Å². The highest BCUT2D eigenvalue weighted by atomic mass is 14.2. The van der Waals surface area contributed by atoms with Gasteiger partial charge in [0, 0.05) is 0 Å². The normalized spacial score (nSPS) is 9.94. The predicted octanol–water partition coefficient (Wildman–Crippen LogP) is 12.2. The third-order valence-corrected chi connectivity index (χ3v) is 5.66. The first-order chi connectivity index (χ1) is 17.8. The zero-order valence-electron chi connectivity index (χ0n) is 24.5.